The van der Waals surface area contributed by atoms with Crippen molar-refractivity contribution in [2.45, 2.75) is 32.3 Å². The lowest BCUT2D eigenvalue weighted by atomic mass is 10.0. The van der Waals surface area contributed by atoms with Crippen molar-refractivity contribution in [3.05, 3.63) is 0 Å². The SMILES string of the molecule is CCC1(CNCC(O)COC)CC1. The average molecular weight is 187 g/mol. The Balaban J connectivity index is 2.00. The van der Waals surface area contributed by atoms with E-state index in [1.54, 1.807) is 7.11 Å². The van der Waals surface area contributed by atoms with Crippen LogP contribution in [-0.4, -0.2) is 38.0 Å². The number of hydrogen-bond acceptors (Lipinski definition) is 3. The minimum atomic E-state index is -0.363. The topological polar surface area (TPSA) is 41.5 Å². The van der Waals surface area contributed by atoms with Gasteiger partial charge in [-0.15, -0.1) is 0 Å². The fourth-order valence-electron chi connectivity index (χ4n) is 1.59. The number of aliphatic hydroxyl groups excluding tert-OH is 1. The zero-order valence-electron chi connectivity index (χ0n) is 8.68. The molecule has 0 bridgehead atoms. The molecule has 1 aliphatic rings. The lowest BCUT2D eigenvalue weighted by Crippen LogP contribution is -2.33. The van der Waals surface area contributed by atoms with E-state index < -0.39 is 0 Å². The first-order valence-corrected chi connectivity index (χ1v) is 5.10. The molecule has 78 valence electrons. The Morgan fingerprint density at radius 2 is 2.23 bits per heavy atom. The smallest absolute Gasteiger partial charge is 0.0897 e. The molecule has 2 N–H and O–H groups in total. The Labute approximate surface area is 80.5 Å². The van der Waals surface area contributed by atoms with Crippen molar-refractivity contribution in [3.8, 4) is 0 Å². The highest BCUT2D eigenvalue weighted by Crippen LogP contribution is 2.47. The van der Waals surface area contributed by atoms with Crippen LogP contribution in [0.15, 0.2) is 0 Å². The third-order valence-corrected chi connectivity index (χ3v) is 2.95. The fraction of sp³-hybridized carbons (Fsp3) is 1.00. The maximum atomic E-state index is 9.35. The van der Waals surface area contributed by atoms with Crippen LogP contribution in [0.1, 0.15) is 26.2 Å². The van der Waals surface area contributed by atoms with Crippen molar-refractivity contribution < 1.29 is 9.84 Å². The monoisotopic (exact) mass is 187 g/mol. The highest BCUT2D eigenvalue weighted by atomic mass is 16.5. The van der Waals surface area contributed by atoms with Crippen LogP contribution in [0.25, 0.3) is 0 Å². The van der Waals surface area contributed by atoms with E-state index in [0.717, 1.165) is 6.54 Å². The molecule has 3 heteroatoms. The first kappa shape index (κ1) is 11.0. The standard InChI is InChI=1S/C10H21NO2/c1-3-10(4-5-10)8-11-6-9(12)7-13-2/h9,11-12H,3-8H2,1-2H3. The number of hydrogen-bond donors (Lipinski definition) is 2. The summed E-state index contributed by atoms with van der Waals surface area (Å²) in [7, 11) is 1.61. The average Bonchev–Trinajstić information content (AvgIpc) is 2.86. The number of ether oxygens (including phenoxy) is 1. The number of aliphatic hydroxyl groups is 1. The van der Waals surface area contributed by atoms with Gasteiger partial charge in [-0.3, -0.25) is 0 Å². The predicted molar refractivity (Wildman–Crippen MR) is 52.7 cm³/mol. The third-order valence-electron chi connectivity index (χ3n) is 2.95. The van der Waals surface area contributed by atoms with Crippen molar-refractivity contribution in [3.63, 3.8) is 0 Å². The molecular formula is C10H21NO2. The summed E-state index contributed by atoms with van der Waals surface area (Å²) in [5.41, 5.74) is 0.562. The van der Waals surface area contributed by atoms with Crippen LogP contribution in [-0.2, 0) is 4.74 Å². The van der Waals surface area contributed by atoms with Gasteiger partial charge in [0.15, 0.2) is 0 Å². The molecule has 1 atom stereocenters. The fourth-order valence-corrected chi connectivity index (χ4v) is 1.59. The second kappa shape index (κ2) is 4.94. The van der Waals surface area contributed by atoms with Gasteiger partial charge >= 0.3 is 0 Å². The number of nitrogens with one attached hydrogen (secondary N) is 1. The molecular weight excluding hydrogens is 166 g/mol. The highest BCUT2D eigenvalue weighted by Gasteiger charge is 2.39. The van der Waals surface area contributed by atoms with Crippen molar-refractivity contribution in [2.75, 3.05) is 26.8 Å². The lowest BCUT2D eigenvalue weighted by Gasteiger charge is -2.15. The van der Waals surface area contributed by atoms with E-state index in [9.17, 15) is 5.11 Å². The van der Waals surface area contributed by atoms with Gasteiger partial charge in [-0.2, -0.15) is 0 Å². The molecule has 0 heterocycles. The first-order valence-electron chi connectivity index (χ1n) is 5.10. The van der Waals surface area contributed by atoms with Gasteiger partial charge in [-0.25, -0.2) is 0 Å². The molecule has 1 fully saturated rings. The van der Waals surface area contributed by atoms with Gasteiger partial charge < -0.3 is 15.2 Å². The molecule has 0 spiro atoms. The van der Waals surface area contributed by atoms with E-state index in [1.807, 2.05) is 0 Å². The van der Waals surface area contributed by atoms with Crippen LogP contribution in [0.3, 0.4) is 0 Å². The molecule has 0 aromatic rings. The van der Waals surface area contributed by atoms with Gasteiger partial charge in [-0.05, 0) is 24.7 Å². The van der Waals surface area contributed by atoms with Crippen LogP contribution < -0.4 is 5.32 Å². The summed E-state index contributed by atoms with van der Waals surface area (Å²) in [6.45, 7) is 4.35. The molecule has 3 nitrogen and oxygen atoms in total. The van der Waals surface area contributed by atoms with Crippen LogP contribution in [0, 0.1) is 5.41 Å². The minimum Gasteiger partial charge on any atom is -0.389 e. The van der Waals surface area contributed by atoms with Crippen LogP contribution >= 0.6 is 0 Å². The maximum absolute atomic E-state index is 9.35. The third kappa shape index (κ3) is 3.63. The van der Waals surface area contributed by atoms with Gasteiger partial charge in [0, 0.05) is 20.2 Å². The zero-order valence-corrected chi connectivity index (χ0v) is 8.68. The van der Waals surface area contributed by atoms with Gasteiger partial charge in [0.25, 0.3) is 0 Å². The Morgan fingerprint density at radius 3 is 2.69 bits per heavy atom. The summed E-state index contributed by atoms with van der Waals surface area (Å²) < 4.78 is 4.84. The Hall–Kier alpha value is -0.120. The molecule has 0 radical (unpaired) electrons. The van der Waals surface area contributed by atoms with E-state index in [2.05, 4.69) is 12.2 Å². The second-order valence-corrected chi connectivity index (χ2v) is 4.09. The highest BCUT2D eigenvalue weighted by molar-refractivity contribution is 4.93. The van der Waals surface area contributed by atoms with Crippen LogP contribution in [0.2, 0.25) is 0 Å². The van der Waals surface area contributed by atoms with Gasteiger partial charge in [0.2, 0.25) is 0 Å². The summed E-state index contributed by atoms with van der Waals surface area (Å²) in [5.74, 6) is 0. The van der Waals surface area contributed by atoms with E-state index >= 15 is 0 Å². The summed E-state index contributed by atoms with van der Waals surface area (Å²) >= 11 is 0. The quantitative estimate of drug-likeness (QED) is 0.618. The van der Waals surface area contributed by atoms with E-state index in [0.29, 0.717) is 18.6 Å². The molecule has 1 rings (SSSR count). The first-order chi connectivity index (χ1) is 6.22. The van der Waals surface area contributed by atoms with Gasteiger partial charge in [0.1, 0.15) is 0 Å². The molecule has 1 aliphatic carbocycles. The Morgan fingerprint density at radius 1 is 1.54 bits per heavy atom. The number of rotatable bonds is 7. The van der Waals surface area contributed by atoms with E-state index in [4.69, 9.17) is 4.74 Å². The molecule has 0 aromatic heterocycles. The van der Waals surface area contributed by atoms with Gasteiger partial charge in [-0.1, -0.05) is 6.92 Å². The lowest BCUT2D eigenvalue weighted by molar-refractivity contribution is 0.0637. The Bertz CT molecular complexity index is 146. The van der Waals surface area contributed by atoms with Gasteiger partial charge in [0.05, 0.1) is 12.7 Å². The normalized spacial score (nSPS) is 21.5. The van der Waals surface area contributed by atoms with Crippen molar-refractivity contribution in [1.29, 1.82) is 0 Å². The second-order valence-electron chi connectivity index (χ2n) is 4.09. The Kier molecular flexibility index (Phi) is 4.16. The summed E-state index contributed by atoms with van der Waals surface area (Å²) in [6, 6.07) is 0. The minimum absolute atomic E-state index is 0.363. The molecule has 1 unspecified atom stereocenters. The van der Waals surface area contributed by atoms with E-state index in [1.165, 1.54) is 19.3 Å². The van der Waals surface area contributed by atoms with E-state index in [-0.39, 0.29) is 6.10 Å². The molecule has 0 amide bonds. The summed E-state index contributed by atoms with van der Waals surface area (Å²) in [4.78, 5) is 0. The largest absolute Gasteiger partial charge is 0.389 e. The number of methoxy groups -OCH3 is 1. The molecule has 0 saturated heterocycles. The zero-order chi connectivity index (χ0) is 9.73. The van der Waals surface area contributed by atoms with Crippen LogP contribution in [0.5, 0.6) is 0 Å². The van der Waals surface area contributed by atoms with Crippen molar-refractivity contribution in [2.24, 2.45) is 5.41 Å². The molecule has 1 saturated carbocycles. The van der Waals surface area contributed by atoms with Crippen molar-refractivity contribution >= 4 is 0 Å². The summed E-state index contributed by atoms with van der Waals surface area (Å²) in [5, 5.41) is 12.6. The van der Waals surface area contributed by atoms with Crippen LogP contribution in [0.4, 0.5) is 0 Å². The maximum Gasteiger partial charge on any atom is 0.0897 e. The predicted octanol–water partition coefficient (Wildman–Crippen LogP) is 0.773. The van der Waals surface area contributed by atoms with Crippen molar-refractivity contribution in [1.82, 2.24) is 5.32 Å². The molecule has 0 aliphatic heterocycles. The summed E-state index contributed by atoms with van der Waals surface area (Å²) in [6.07, 6.45) is 3.58. The molecule has 0 aromatic carbocycles. The molecule has 13 heavy (non-hydrogen) atoms.